The van der Waals surface area contributed by atoms with Crippen molar-refractivity contribution in [2.24, 2.45) is 5.73 Å². The molecular formula is C24H21N7. The summed E-state index contributed by atoms with van der Waals surface area (Å²) in [5, 5.41) is 17.7. The van der Waals surface area contributed by atoms with E-state index in [4.69, 9.17) is 11.0 Å². The maximum Gasteiger partial charge on any atom is 0.185 e. The molecule has 2 aromatic heterocycles. The predicted octanol–water partition coefficient (Wildman–Crippen LogP) is 3.17. The highest BCUT2D eigenvalue weighted by Crippen LogP contribution is 2.35. The summed E-state index contributed by atoms with van der Waals surface area (Å²) in [6, 6.07) is 18.8. The Labute approximate surface area is 180 Å². The van der Waals surface area contributed by atoms with Gasteiger partial charge in [-0.05, 0) is 53.9 Å². The van der Waals surface area contributed by atoms with Crippen LogP contribution >= 0.6 is 0 Å². The molecule has 1 saturated heterocycles. The molecule has 0 aliphatic carbocycles. The van der Waals surface area contributed by atoms with E-state index in [9.17, 15) is 0 Å². The quantitative estimate of drug-likeness (QED) is 0.486. The molecule has 0 spiro atoms. The Morgan fingerprint density at radius 2 is 1.94 bits per heavy atom. The van der Waals surface area contributed by atoms with Crippen LogP contribution in [0.2, 0.25) is 0 Å². The van der Waals surface area contributed by atoms with E-state index in [1.165, 1.54) is 11.3 Å². The number of rotatable bonds is 2. The SMILES string of the molecule is N#Cc1ccc(-c2cc3n(c2)Cc2cc(N4CCC(N)C4)ccc2-n2cnnc2-3)cc1. The van der Waals surface area contributed by atoms with E-state index < -0.39 is 0 Å². The average Bonchev–Trinajstić information content (AvgIpc) is 3.52. The summed E-state index contributed by atoms with van der Waals surface area (Å²) in [6.45, 7) is 2.64. The number of nitriles is 1. The first-order valence-corrected chi connectivity index (χ1v) is 10.4. The fourth-order valence-electron chi connectivity index (χ4n) is 4.65. The molecule has 1 atom stereocenters. The second kappa shape index (κ2) is 6.83. The number of benzene rings is 2. The van der Waals surface area contributed by atoms with Gasteiger partial charge in [0, 0.05) is 43.1 Å². The molecule has 2 aliphatic heterocycles. The van der Waals surface area contributed by atoms with Gasteiger partial charge in [0.15, 0.2) is 5.82 Å². The van der Waals surface area contributed by atoms with Crippen molar-refractivity contribution in [2.75, 3.05) is 18.0 Å². The molecule has 4 heterocycles. The molecule has 0 amide bonds. The fourth-order valence-corrected chi connectivity index (χ4v) is 4.65. The highest BCUT2D eigenvalue weighted by Gasteiger charge is 2.24. The smallest absolute Gasteiger partial charge is 0.185 e. The third-order valence-electron chi connectivity index (χ3n) is 6.27. The van der Waals surface area contributed by atoms with Crippen LogP contribution in [0.1, 0.15) is 17.5 Å². The largest absolute Gasteiger partial charge is 0.370 e. The lowest BCUT2D eigenvalue weighted by Gasteiger charge is -2.20. The maximum absolute atomic E-state index is 9.07. The van der Waals surface area contributed by atoms with Crippen LogP contribution < -0.4 is 10.6 Å². The minimum absolute atomic E-state index is 0.245. The van der Waals surface area contributed by atoms with Gasteiger partial charge in [0.2, 0.25) is 0 Å². The molecular weight excluding hydrogens is 386 g/mol. The molecule has 2 aromatic carbocycles. The zero-order valence-corrected chi connectivity index (χ0v) is 16.9. The van der Waals surface area contributed by atoms with Crippen molar-refractivity contribution in [2.45, 2.75) is 19.0 Å². The summed E-state index contributed by atoms with van der Waals surface area (Å²) in [4.78, 5) is 2.36. The molecule has 6 rings (SSSR count). The van der Waals surface area contributed by atoms with Gasteiger partial charge >= 0.3 is 0 Å². The minimum atomic E-state index is 0.245. The van der Waals surface area contributed by atoms with E-state index in [-0.39, 0.29) is 6.04 Å². The Hall–Kier alpha value is -3.89. The Morgan fingerprint density at radius 1 is 1.06 bits per heavy atom. The lowest BCUT2D eigenvalue weighted by atomic mass is 10.1. The predicted molar refractivity (Wildman–Crippen MR) is 119 cm³/mol. The average molecular weight is 407 g/mol. The maximum atomic E-state index is 9.07. The first-order valence-electron chi connectivity index (χ1n) is 10.4. The van der Waals surface area contributed by atoms with Crippen molar-refractivity contribution in [3.8, 4) is 34.4 Å². The van der Waals surface area contributed by atoms with Gasteiger partial charge in [0.25, 0.3) is 0 Å². The Kier molecular flexibility index (Phi) is 3.95. The summed E-state index contributed by atoms with van der Waals surface area (Å²) in [5.74, 6) is 0.828. The third-order valence-corrected chi connectivity index (χ3v) is 6.27. The minimum Gasteiger partial charge on any atom is -0.370 e. The lowest BCUT2D eigenvalue weighted by Crippen LogP contribution is -2.26. The van der Waals surface area contributed by atoms with Gasteiger partial charge in [-0.2, -0.15) is 5.26 Å². The highest BCUT2D eigenvalue weighted by atomic mass is 15.3. The van der Waals surface area contributed by atoms with Crippen LogP contribution in [0.4, 0.5) is 5.69 Å². The Morgan fingerprint density at radius 3 is 2.71 bits per heavy atom. The first-order chi connectivity index (χ1) is 15.2. The van der Waals surface area contributed by atoms with Crippen molar-refractivity contribution in [3.63, 3.8) is 0 Å². The number of fused-ring (bicyclic) bond motifs is 5. The van der Waals surface area contributed by atoms with E-state index in [0.29, 0.717) is 5.56 Å². The van der Waals surface area contributed by atoms with E-state index in [0.717, 1.165) is 54.4 Å². The molecule has 7 nitrogen and oxygen atoms in total. The Balaban J connectivity index is 1.44. The molecule has 4 aromatic rings. The molecule has 152 valence electrons. The number of aromatic nitrogens is 4. The van der Waals surface area contributed by atoms with Crippen LogP contribution in [0.15, 0.2) is 61.1 Å². The summed E-state index contributed by atoms with van der Waals surface area (Å²) < 4.78 is 4.30. The van der Waals surface area contributed by atoms with Crippen molar-refractivity contribution >= 4 is 5.69 Å². The van der Waals surface area contributed by atoms with Gasteiger partial charge in [0.05, 0.1) is 23.0 Å². The zero-order valence-electron chi connectivity index (χ0n) is 16.9. The first kappa shape index (κ1) is 17.9. The van der Waals surface area contributed by atoms with Crippen molar-refractivity contribution < 1.29 is 0 Å². The number of anilines is 1. The second-order valence-corrected chi connectivity index (χ2v) is 8.26. The molecule has 0 bridgehead atoms. The van der Waals surface area contributed by atoms with Gasteiger partial charge in [-0.1, -0.05) is 12.1 Å². The normalized spacial score (nSPS) is 16.9. The molecule has 1 fully saturated rings. The number of hydrogen-bond donors (Lipinski definition) is 1. The van der Waals surface area contributed by atoms with Crippen molar-refractivity contribution in [1.82, 2.24) is 19.3 Å². The fraction of sp³-hybridized carbons (Fsp3) is 0.208. The summed E-state index contributed by atoms with van der Waals surface area (Å²) in [6.07, 6.45) is 4.97. The van der Waals surface area contributed by atoms with Crippen LogP contribution in [0.5, 0.6) is 0 Å². The number of hydrogen-bond acceptors (Lipinski definition) is 5. The van der Waals surface area contributed by atoms with Crippen molar-refractivity contribution in [1.29, 1.82) is 5.26 Å². The summed E-state index contributed by atoms with van der Waals surface area (Å²) >= 11 is 0. The van der Waals surface area contributed by atoms with Gasteiger partial charge < -0.3 is 15.2 Å². The van der Waals surface area contributed by atoms with Gasteiger partial charge in [0.1, 0.15) is 6.33 Å². The zero-order chi connectivity index (χ0) is 20.9. The third kappa shape index (κ3) is 2.92. The van der Waals surface area contributed by atoms with E-state index in [2.05, 4.69) is 60.8 Å². The molecule has 0 saturated carbocycles. The van der Waals surface area contributed by atoms with Gasteiger partial charge in [-0.3, -0.25) is 4.57 Å². The molecule has 7 heteroatoms. The van der Waals surface area contributed by atoms with Crippen LogP contribution in [0, 0.1) is 11.3 Å². The van der Waals surface area contributed by atoms with Crippen LogP contribution in [0.25, 0.3) is 28.3 Å². The number of nitrogens with two attached hydrogens (primary N) is 1. The van der Waals surface area contributed by atoms with Crippen LogP contribution in [0.3, 0.4) is 0 Å². The van der Waals surface area contributed by atoms with Gasteiger partial charge in [-0.15, -0.1) is 10.2 Å². The van der Waals surface area contributed by atoms with Crippen LogP contribution in [-0.4, -0.2) is 38.5 Å². The molecule has 0 radical (unpaired) electrons. The van der Waals surface area contributed by atoms with Crippen molar-refractivity contribution in [3.05, 3.63) is 72.2 Å². The topological polar surface area (TPSA) is 88.7 Å². The second-order valence-electron chi connectivity index (χ2n) is 8.26. The van der Waals surface area contributed by atoms with Gasteiger partial charge in [-0.25, -0.2) is 0 Å². The molecule has 2 N–H and O–H groups in total. The lowest BCUT2D eigenvalue weighted by molar-refractivity contribution is 0.752. The van der Waals surface area contributed by atoms with E-state index in [1.54, 1.807) is 6.33 Å². The molecule has 2 aliphatic rings. The Bertz CT molecular complexity index is 1320. The summed E-state index contributed by atoms with van der Waals surface area (Å²) in [7, 11) is 0. The molecule has 1 unspecified atom stereocenters. The van der Waals surface area contributed by atoms with Crippen LogP contribution in [-0.2, 0) is 6.54 Å². The van der Waals surface area contributed by atoms with E-state index in [1.807, 2.05) is 24.3 Å². The number of nitrogens with zero attached hydrogens (tertiary/aromatic N) is 6. The van der Waals surface area contributed by atoms with E-state index >= 15 is 0 Å². The highest BCUT2D eigenvalue weighted by molar-refractivity contribution is 5.72. The summed E-state index contributed by atoms with van der Waals surface area (Å²) in [5.41, 5.74) is 13.5. The molecule has 31 heavy (non-hydrogen) atoms. The standard InChI is InChI=1S/C24H21N7/c25-11-16-1-3-17(4-2-16)18-10-23-24-28-27-15-31(24)22-6-5-21(29-8-7-20(26)14-29)9-19(22)13-30(23)12-18/h1-6,9-10,12,15,20H,7-8,13-14,26H2. The monoisotopic (exact) mass is 407 g/mol.